The van der Waals surface area contributed by atoms with Crippen molar-refractivity contribution in [2.75, 3.05) is 13.6 Å². The predicted molar refractivity (Wildman–Crippen MR) is 72.0 cm³/mol. The summed E-state index contributed by atoms with van der Waals surface area (Å²) in [6.45, 7) is 5.61. The molecule has 0 radical (unpaired) electrons. The number of benzene rings is 1. The van der Waals surface area contributed by atoms with Crippen LogP contribution in [0.3, 0.4) is 0 Å². The quantitative estimate of drug-likeness (QED) is 0.797. The molecule has 0 amide bonds. The van der Waals surface area contributed by atoms with Crippen LogP contribution in [-0.2, 0) is 6.42 Å². The fourth-order valence-corrected chi connectivity index (χ4v) is 2.38. The van der Waals surface area contributed by atoms with E-state index in [-0.39, 0.29) is 0 Å². The van der Waals surface area contributed by atoms with Crippen molar-refractivity contribution in [1.29, 1.82) is 0 Å². The molecule has 0 aromatic heterocycles. The Balaban J connectivity index is 2.64. The van der Waals surface area contributed by atoms with Crippen LogP contribution in [0, 0.1) is 11.8 Å². The standard InChI is InChI=1S/C14H22ClN/c1-11(2)8-12(10-16-3)9-13-6-4-5-7-14(13)15/h4-7,11-12,16H,8-10H2,1-3H3. The van der Waals surface area contributed by atoms with Crippen molar-refractivity contribution in [3.8, 4) is 0 Å². The summed E-state index contributed by atoms with van der Waals surface area (Å²) < 4.78 is 0. The van der Waals surface area contributed by atoms with Gasteiger partial charge in [0.05, 0.1) is 0 Å². The lowest BCUT2D eigenvalue weighted by Gasteiger charge is -2.19. The van der Waals surface area contributed by atoms with E-state index in [0.717, 1.165) is 23.9 Å². The molecule has 1 unspecified atom stereocenters. The molecule has 0 aliphatic carbocycles. The molecule has 16 heavy (non-hydrogen) atoms. The number of hydrogen-bond donors (Lipinski definition) is 1. The maximum atomic E-state index is 6.18. The van der Waals surface area contributed by atoms with E-state index >= 15 is 0 Å². The van der Waals surface area contributed by atoms with Crippen molar-refractivity contribution >= 4 is 11.6 Å². The zero-order chi connectivity index (χ0) is 12.0. The molecule has 1 rings (SSSR count). The first-order chi connectivity index (χ1) is 7.63. The zero-order valence-corrected chi connectivity index (χ0v) is 11.2. The fourth-order valence-electron chi connectivity index (χ4n) is 2.17. The van der Waals surface area contributed by atoms with Crippen LogP contribution in [-0.4, -0.2) is 13.6 Å². The summed E-state index contributed by atoms with van der Waals surface area (Å²) in [5, 5.41) is 4.17. The van der Waals surface area contributed by atoms with Crippen molar-refractivity contribution in [2.45, 2.75) is 26.7 Å². The summed E-state index contributed by atoms with van der Waals surface area (Å²) in [7, 11) is 2.01. The molecule has 1 aromatic rings. The van der Waals surface area contributed by atoms with Gasteiger partial charge >= 0.3 is 0 Å². The van der Waals surface area contributed by atoms with E-state index in [1.165, 1.54) is 12.0 Å². The lowest BCUT2D eigenvalue weighted by Crippen LogP contribution is -2.22. The first-order valence-electron chi connectivity index (χ1n) is 6.01. The minimum Gasteiger partial charge on any atom is -0.319 e. The molecule has 90 valence electrons. The van der Waals surface area contributed by atoms with E-state index in [1.807, 2.05) is 19.2 Å². The highest BCUT2D eigenvalue weighted by molar-refractivity contribution is 6.31. The molecule has 1 aromatic carbocycles. The molecule has 0 saturated carbocycles. The van der Waals surface area contributed by atoms with E-state index in [1.54, 1.807) is 0 Å². The largest absolute Gasteiger partial charge is 0.319 e. The van der Waals surface area contributed by atoms with E-state index in [4.69, 9.17) is 11.6 Å². The Labute approximate surface area is 104 Å². The summed E-state index contributed by atoms with van der Waals surface area (Å²) in [6, 6.07) is 8.16. The summed E-state index contributed by atoms with van der Waals surface area (Å²) in [5.74, 6) is 1.41. The Bertz CT molecular complexity index is 309. The maximum absolute atomic E-state index is 6.18. The number of halogens is 1. The van der Waals surface area contributed by atoms with Crippen LogP contribution < -0.4 is 5.32 Å². The van der Waals surface area contributed by atoms with Gasteiger partial charge in [-0.25, -0.2) is 0 Å². The molecule has 1 atom stereocenters. The molecule has 0 bridgehead atoms. The molecule has 0 saturated heterocycles. The zero-order valence-electron chi connectivity index (χ0n) is 10.5. The Morgan fingerprint density at radius 3 is 2.50 bits per heavy atom. The van der Waals surface area contributed by atoms with Crippen molar-refractivity contribution < 1.29 is 0 Å². The molecule has 1 N–H and O–H groups in total. The van der Waals surface area contributed by atoms with Crippen molar-refractivity contribution in [2.24, 2.45) is 11.8 Å². The average Bonchev–Trinajstić information content (AvgIpc) is 2.21. The number of rotatable bonds is 6. The van der Waals surface area contributed by atoms with Gasteiger partial charge in [0.25, 0.3) is 0 Å². The van der Waals surface area contributed by atoms with E-state index in [0.29, 0.717) is 5.92 Å². The minimum atomic E-state index is 0.671. The van der Waals surface area contributed by atoms with Crippen LogP contribution in [0.15, 0.2) is 24.3 Å². The van der Waals surface area contributed by atoms with Crippen molar-refractivity contribution in [3.05, 3.63) is 34.9 Å². The van der Waals surface area contributed by atoms with Crippen molar-refractivity contribution in [1.82, 2.24) is 5.32 Å². The second-order valence-electron chi connectivity index (χ2n) is 4.85. The summed E-state index contributed by atoms with van der Waals surface area (Å²) in [5.41, 5.74) is 1.27. The monoisotopic (exact) mass is 239 g/mol. The Kier molecular flexibility index (Phi) is 5.86. The first-order valence-corrected chi connectivity index (χ1v) is 6.39. The van der Waals surface area contributed by atoms with Gasteiger partial charge in [0.1, 0.15) is 0 Å². The van der Waals surface area contributed by atoms with Crippen LogP contribution in [0.5, 0.6) is 0 Å². The smallest absolute Gasteiger partial charge is 0.0438 e. The third-order valence-electron chi connectivity index (χ3n) is 2.76. The van der Waals surface area contributed by atoms with Gasteiger partial charge < -0.3 is 5.32 Å². The highest BCUT2D eigenvalue weighted by Crippen LogP contribution is 2.22. The lowest BCUT2D eigenvalue weighted by molar-refractivity contribution is 0.395. The van der Waals surface area contributed by atoms with Gasteiger partial charge in [0.15, 0.2) is 0 Å². The molecule has 0 spiro atoms. The second kappa shape index (κ2) is 6.93. The molecule has 2 heteroatoms. The SMILES string of the molecule is CNCC(Cc1ccccc1Cl)CC(C)C. The van der Waals surface area contributed by atoms with Gasteiger partial charge in [-0.05, 0) is 49.9 Å². The molecular weight excluding hydrogens is 218 g/mol. The van der Waals surface area contributed by atoms with Gasteiger partial charge in [-0.2, -0.15) is 0 Å². The van der Waals surface area contributed by atoms with Crippen LogP contribution in [0.1, 0.15) is 25.8 Å². The van der Waals surface area contributed by atoms with E-state index in [2.05, 4.69) is 31.3 Å². The number of nitrogens with one attached hydrogen (secondary N) is 1. The normalized spacial score (nSPS) is 13.1. The molecular formula is C14H22ClN. The Hall–Kier alpha value is -0.530. The van der Waals surface area contributed by atoms with Crippen LogP contribution in [0.2, 0.25) is 5.02 Å². The third-order valence-corrected chi connectivity index (χ3v) is 3.13. The molecule has 0 aliphatic heterocycles. The highest BCUT2D eigenvalue weighted by atomic mass is 35.5. The maximum Gasteiger partial charge on any atom is 0.0438 e. The first kappa shape index (κ1) is 13.5. The van der Waals surface area contributed by atoms with Gasteiger partial charge in [-0.15, -0.1) is 0 Å². The summed E-state index contributed by atoms with van der Waals surface area (Å²) in [4.78, 5) is 0. The average molecular weight is 240 g/mol. The van der Waals surface area contributed by atoms with Crippen LogP contribution >= 0.6 is 11.6 Å². The third kappa shape index (κ3) is 4.54. The van der Waals surface area contributed by atoms with E-state index < -0.39 is 0 Å². The minimum absolute atomic E-state index is 0.671. The van der Waals surface area contributed by atoms with E-state index in [9.17, 15) is 0 Å². The second-order valence-corrected chi connectivity index (χ2v) is 5.26. The molecule has 0 fully saturated rings. The van der Waals surface area contributed by atoms with Crippen molar-refractivity contribution in [3.63, 3.8) is 0 Å². The molecule has 1 nitrogen and oxygen atoms in total. The predicted octanol–water partition coefficient (Wildman–Crippen LogP) is 3.76. The topological polar surface area (TPSA) is 12.0 Å². The Morgan fingerprint density at radius 2 is 1.94 bits per heavy atom. The van der Waals surface area contributed by atoms with Gasteiger partial charge in [-0.3, -0.25) is 0 Å². The molecule has 0 aliphatic rings. The van der Waals surface area contributed by atoms with Crippen LogP contribution in [0.25, 0.3) is 0 Å². The summed E-state index contributed by atoms with van der Waals surface area (Å²) >= 11 is 6.18. The van der Waals surface area contributed by atoms with Gasteiger partial charge in [0.2, 0.25) is 0 Å². The van der Waals surface area contributed by atoms with Crippen LogP contribution in [0.4, 0.5) is 0 Å². The summed E-state index contributed by atoms with van der Waals surface area (Å²) in [6.07, 6.45) is 2.31. The number of hydrogen-bond acceptors (Lipinski definition) is 1. The fraction of sp³-hybridized carbons (Fsp3) is 0.571. The molecule has 0 heterocycles. The lowest BCUT2D eigenvalue weighted by atomic mass is 9.91. The van der Waals surface area contributed by atoms with Gasteiger partial charge in [0, 0.05) is 5.02 Å². The highest BCUT2D eigenvalue weighted by Gasteiger charge is 2.12. The Morgan fingerprint density at radius 1 is 1.25 bits per heavy atom. The van der Waals surface area contributed by atoms with Gasteiger partial charge in [-0.1, -0.05) is 43.6 Å².